The molecule has 0 aromatic carbocycles. The summed E-state index contributed by atoms with van der Waals surface area (Å²) in [4.78, 5) is 0. The molecule has 0 amide bonds. The van der Waals surface area contributed by atoms with Gasteiger partial charge in [0.05, 0.1) is 7.44 Å². The van der Waals surface area contributed by atoms with E-state index in [2.05, 4.69) is 7.44 Å². The molecule has 2 radical (unpaired) electrons. The zero-order chi connectivity index (χ0) is 2.00. The minimum atomic E-state index is 0. The molecule has 0 fully saturated rings. The van der Waals surface area contributed by atoms with E-state index < -0.39 is 0 Å². The van der Waals surface area contributed by atoms with Gasteiger partial charge in [-0.25, -0.2) is 0 Å². The summed E-state index contributed by atoms with van der Waals surface area (Å²) >= 11 is 0. The van der Waals surface area contributed by atoms with Crippen molar-refractivity contribution in [3.8, 4) is 0 Å². The Kier molecular flexibility index (Phi) is 341. The van der Waals surface area contributed by atoms with Gasteiger partial charge in [-0.2, -0.15) is 0 Å². The van der Waals surface area contributed by atoms with Gasteiger partial charge >= 0.3 is 0 Å². The van der Waals surface area contributed by atoms with E-state index in [0.717, 1.165) is 0 Å². The van der Waals surface area contributed by atoms with E-state index in [1.807, 2.05) is 0 Å². The van der Waals surface area contributed by atoms with Gasteiger partial charge in [-0.15, -0.1) is 0 Å². The van der Waals surface area contributed by atoms with Crippen molar-refractivity contribution in [2.24, 2.45) is 0 Å². The number of rotatable bonds is 0. The molecule has 6 heteroatoms. The molecule has 6 heavy (non-hydrogen) atoms. The van der Waals surface area contributed by atoms with E-state index in [-0.39, 0.29) is 70.1 Å². The van der Waals surface area contributed by atoms with E-state index in [9.17, 15) is 0 Å². The third-order valence-electron chi connectivity index (χ3n) is 0. The van der Waals surface area contributed by atoms with E-state index in [1.165, 1.54) is 10.1 Å². The molecule has 0 N–H and O–H groups in total. The molecule has 0 aliphatic rings. The molecule has 0 heterocycles. The Morgan fingerprint density at radius 2 is 1.17 bits per heavy atom. The zero-order valence-electron chi connectivity index (χ0n) is 3.70. The molecule has 0 atom stereocenters. The Morgan fingerprint density at radius 1 is 1.17 bits per heavy atom. The average Bonchev–Trinajstić information content (AvgIpc) is 1.00. The summed E-state index contributed by atoms with van der Waals surface area (Å²) < 4.78 is 0. The Morgan fingerprint density at radius 3 is 1.17 bits per heavy atom. The maximum absolute atomic E-state index is 2.14. The average molecular weight is 287 g/mol. The van der Waals surface area contributed by atoms with Crippen LogP contribution in [0.3, 0.4) is 0 Å². The number of hydrogen-bond acceptors (Lipinski definition) is 0. The second kappa shape index (κ2) is 51.9. The fraction of sp³-hybridized carbons (Fsp3) is 0. The van der Waals surface area contributed by atoms with Crippen molar-refractivity contribution in [1.82, 2.24) is 0 Å². The van der Waals surface area contributed by atoms with Crippen molar-refractivity contribution in [1.29, 1.82) is 0 Å². The fourth-order valence-corrected chi connectivity index (χ4v) is 0. The van der Waals surface area contributed by atoms with Gasteiger partial charge in [0.1, 0.15) is 0 Å². The first kappa shape index (κ1) is 39.5. The van der Waals surface area contributed by atoms with E-state index in [1.54, 1.807) is 0 Å². The van der Waals surface area contributed by atoms with Crippen LogP contribution in [0.4, 0.5) is 0 Å². The Labute approximate surface area is 86.8 Å². The summed E-state index contributed by atoms with van der Waals surface area (Å²) in [5.41, 5.74) is 0. The minimum Gasteiger partial charge on any atom is -0.0304 e. The van der Waals surface area contributed by atoms with Crippen LogP contribution in [0.25, 0.3) is 0 Å². The summed E-state index contributed by atoms with van der Waals surface area (Å²) in [5.74, 6) is 0. The molecule has 0 rings (SSSR count). The Balaban J connectivity index is -0.000000000833. The van der Waals surface area contributed by atoms with Crippen LogP contribution in [0.5, 0.6) is 0 Å². The van der Waals surface area contributed by atoms with Gasteiger partial charge in [0.2, 0.25) is 0 Å². The maximum atomic E-state index is 2.14. The Bertz CT molecular complexity index is 15.5. The van der Waals surface area contributed by atoms with Crippen LogP contribution in [-0.2, 0) is 70.1 Å². The van der Waals surface area contributed by atoms with Gasteiger partial charge in [-0.3, -0.25) is 0 Å². The predicted molar refractivity (Wildman–Crippen MR) is 18.5 cm³/mol. The van der Waals surface area contributed by atoms with Crippen LogP contribution < -0.4 is 0 Å². The molecule has 0 nitrogen and oxygen atoms in total. The molecule has 0 saturated carbocycles. The quantitative estimate of drug-likeness (QED) is 0.447. The zero-order valence-corrected chi connectivity index (χ0v) is 11.8. The molecule has 0 unspecified atom stereocenters. The van der Waals surface area contributed by atoms with Crippen molar-refractivity contribution in [3.63, 3.8) is 0 Å². The van der Waals surface area contributed by atoms with Crippen LogP contribution in [-0.4, -0.2) is 17.6 Å². The van der Waals surface area contributed by atoms with E-state index in [0.29, 0.717) is 0 Å². The van der Waals surface area contributed by atoms with Crippen molar-refractivity contribution in [2.45, 2.75) is 0 Å². The largest absolute Gasteiger partial charge is 0.0852 e. The fourth-order valence-electron chi connectivity index (χ4n) is 0. The van der Waals surface area contributed by atoms with Crippen molar-refractivity contribution >= 4 is 17.6 Å². The van der Waals surface area contributed by atoms with E-state index in [4.69, 9.17) is 0 Å². The third kappa shape index (κ3) is 32.0. The molecule has 0 aromatic rings. The standard InChI is InChI=1S/BH5Si.Cu.Mn.Ni.Zn/c1-2;;;;/h1H2,2H3;;;;. The van der Waals surface area contributed by atoms with Gasteiger partial charge in [-0.1, -0.05) is 0 Å². The molecule has 0 saturated heterocycles. The van der Waals surface area contributed by atoms with Gasteiger partial charge in [0, 0.05) is 70.1 Å². The van der Waals surface area contributed by atoms with Crippen molar-refractivity contribution in [3.05, 3.63) is 0 Å². The normalized spacial score (nSPS) is 1.33. The summed E-state index contributed by atoms with van der Waals surface area (Å²) in [6, 6.07) is 0. The maximum Gasteiger partial charge on any atom is 0.0852 e. The van der Waals surface area contributed by atoms with Crippen LogP contribution in [0.15, 0.2) is 0 Å². The summed E-state index contributed by atoms with van der Waals surface area (Å²) in [5, 5.41) is 0. The summed E-state index contributed by atoms with van der Waals surface area (Å²) in [7, 11) is 3.44. The van der Waals surface area contributed by atoms with Crippen LogP contribution >= 0.6 is 0 Å². The molecule has 0 aliphatic carbocycles. The number of hydrogen-bond donors (Lipinski definition) is 0. The molecular formula is H5BCuMnNiSiZn. The van der Waals surface area contributed by atoms with Crippen molar-refractivity contribution < 1.29 is 70.1 Å². The SMILES string of the molecule is B[SiH3].[Cu].[Mn].[Ni].[Zn]. The van der Waals surface area contributed by atoms with Crippen molar-refractivity contribution in [2.75, 3.05) is 0 Å². The van der Waals surface area contributed by atoms with Crippen LogP contribution in [0, 0.1) is 0 Å². The Hall–Kier alpha value is 2.44. The smallest absolute Gasteiger partial charge is 0.0304 e. The third-order valence-corrected chi connectivity index (χ3v) is 0. The minimum absolute atomic E-state index is 0. The summed E-state index contributed by atoms with van der Waals surface area (Å²) in [6.45, 7) is 0. The molecule has 0 aliphatic heterocycles. The molecular weight excluding hydrogens is 281 g/mol. The molecule has 0 spiro atoms. The van der Waals surface area contributed by atoms with Gasteiger partial charge < -0.3 is 0 Å². The molecule has 0 aromatic heterocycles. The molecule has 42 valence electrons. The first-order valence-corrected chi connectivity index (χ1v) is 3.00. The van der Waals surface area contributed by atoms with Crippen LogP contribution in [0.1, 0.15) is 0 Å². The second-order valence-corrected chi connectivity index (χ2v) is 0. The molecule has 0 bridgehead atoms. The summed E-state index contributed by atoms with van der Waals surface area (Å²) in [6.07, 6.45) is 0. The first-order valence-electron chi connectivity index (χ1n) is 1.00. The monoisotopic (exact) mass is 284 g/mol. The second-order valence-electron chi connectivity index (χ2n) is 0. The van der Waals surface area contributed by atoms with Gasteiger partial charge in [0.25, 0.3) is 0 Å². The van der Waals surface area contributed by atoms with Crippen LogP contribution in [0.2, 0.25) is 0 Å². The van der Waals surface area contributed by atoms with E-state index >= 15 is 0 Å². The van der Waals surface area contributed by atoms with Gasteiger partial charge in [-0.05, 0) is 10.1 Å². The topological polar surface area (TPSA) is 0 Å². The van der Waals surface area contributed by atoms with Gasteiger partial charge in [0.15, 0.2) is 0 Å². The predicted octanol–water partition coefficient (Wildman–Crippen LogP) is -2.11. The first-order chi connectivity index (χ1) is 1.00.